The second-order valence-electron chi connectivity index (χ2n) is 19.8. The van der Waals surface area contributed by atoms with E-state index >= 15 is 0 Å². The molecular formula is C49H63N11O2. The van der Waals surface area contributed by atoms with Crippen molar-refractivity contribution in [1.82, 2.24) is 46.0 Å². The number of aromatic amines is 1. The van der Waals surface area contributed by atoms with Gasteiger partial charge in [0.05, 0.1) is 11.4 Å². The van der Waals surface area contributed by atoms with Crippen molar-refractivity contribution in [1.29, 1.82) is 0 Å². The fraction of sp³-hybridized carbons (Fsp3) is 0.429. The Kier molecular flexibility index (Phi) is 12.2. The maximum atomic E-state index is 10.7. The minimum atomic E-state index is 0.0644. The quantitative estimate of drug-likeness (QED) is 0.0991. The minimum absolute atomic E-state index is 0.0644. The molecule has 2 aliphatic heterocycles. The number of pyridine rings is 1. The number of aryl methyl sites for hydroxylation is 1. The number of nitrogens with zero attached hydrogens (tertiary/aromatic N) is 8. The molecule has 0 radical (unpaired) electrons. The summed E-state index contributed by atoms with van der Waals surface area (Å²) < 4.78 is 0. The fourth-order valence-corrected chi connectivity index (χ4v) is 9.74. The largest absolute Gasteiger partial charge is 0.507 e. The fourth-order valence-electron chi connectivity index (χ4n) is 9.74. The monoisotopic (exact) mass is 838 g/mol. The van der Waals surface area contributed by atoms with Crippen LogP contribution in [-0.4, -0.2) is 93.9 Å². The van der Waals surface area contributed by atoms with Gasteiger partial charge in [-0.25, -0.2) is 4.98 Å². The maximum Gasteiger partial charge on any atom is 0.151 e. The van der Waals surface area contributed by atoms with E-state index in [0.29, 0.717) is 40.4 Å². The highest BCUT2D eigenvalue weighted by Gasteiger charge is 2.40. The zero-order valence-corrected chi connectivity index (χ0v) is 38.1. The first kappa shape index (κ1) is 44.1. The first-order chi connectivity index (χ1) is 29.2. The van der Waals surface area contributed by atoms with E-state index in [4.69, 9.17) is 0 Å². The van der Waals surface area contributed by atoms with Gasteiger partial charge >= 0.3 is 0 Å². The smallest absolute Gasteiger partial charge is 0.151 e. The molecular weight excluding hydrogens is 775 g/mol. The summed E-state index contributed by atoms with van der Waals surface area (Å²) >= 11 is 0. The van der Waals surface area contributed by atoms with Crippen molar-refractivity contribution in [3.05, 3.63) is 97.1 Å². The molecule has 6 heterocycles. The molecule has 0 amide bonds. The summed E-state index contributed by atoms with van der Waals surface area (Å²) in [5, 5.41) is 46.4. The van der Waals surface area contributed by atoms with Gasteiger partial charge in [-0.2, -0.15) is 0 Å². The number of phenolic OH excluding ortho intramolecular Hbond substituents is 2. The second kappa shape index (κ2) is 17.1. The van der Waals surface area contributed by atoms with Gasteiger partial charge in [0.1, 0.15) is 17.3 Å². The Morgan fingerprint density at radius 1 is 0.532 bits per heavy atom. The number of H-pyrrole nitrogens is 1. The van der Waals surface area contributed by atoms with E-state index in [1.807, 2.05) is 67.6 Å². The molecule has 13 nitrogen and oxygen atoms in total. The predicted molar refractivity (Wildman–Crippen MR) is 249 cm³/mol. The first-order valence-electron chi connectivity index (χ1n) is 21.5. The van der Waals surface area contributed by atoms with Crippen molar-refractivity contribution in [3.8, 4) is 56.5 Å². The highest BCUT2D eigenvalue weighted by molar-refractivity contribution is 5.75. The molecule has 5 N–H and O–H groups in total. The minimum Gasteiger partial charge on any atom is -0.507 e. The molecule has 0 unspecified atom stereocenters. The van der Waals surface area contributed by atoms with E-state index in [9.17, 15) is 10.2 Å². The zero-order valence-electron chi connectivity index (χ0n) is 38.1. The van der Waals surface area contributed by atoms with Crippen LogP contribution in [0, 0.1) is 6.92 Å². The molecule has 4 aromatic heterocycles. The van der Waals surface area contributed by atoms with Crippen LogP contribution < -0.4 is 20.4 Å². The van der Waals surface area contributed by atoms with Crippen LogP contribution in [0.3, 0.4) is 0 Å². The topological polar surface area (TPSA) is 164 Å². The molecule has 326 valence electrons. The van der Waals surface area contributed by atoms with E-state index in [1.165, 1.54) is 0 Å². The zero-order chi connectivity index (χ0) is 44.6. The normalized spacial score (nSPS) is 18.0. The molecule has 8 rings (SSSR count). The van der Waals surface area contributed by atoms with Gasteiger partial charge in [0.25, 0.3) is 0 Å². The van der Waals surface area contributed by atoms with Gasteiger partial charge in [-0.05, 0) is 160 Å². The average molecular weight is 838 g/mol. The van der Waals surface area contributed by atoms with Crippen LogP contribution >= 0.6 is 0 Å². The molecule has 2 aliphatic rings. The molecule has 0 saturated carbocycles. The lowest BCUT2D eigenvalue weighted by atomic mass is 9.79. The summed E-state index contributed by atoms with van der Waals surface area (Å²) in [6.45, 7) is 20.0. The van der Waals surface area contributed by atoms with Gasteiger partial charge in [-0.15, -0.1) is 20.4 Å². The number of aromatic nitrogens is 7. The number of piperidine rings is 2. The Morgan fingerprint density at radius 2 is 0.984 bits per heavy atom. The predicted octanol–water partition coefficient (Wildman–Crippen LogP) is 8.95. The Hall–Kier alpha value is -5.92. The molecule has 6 aromatic rings. The van der Waals surface area contributed by atoms with Gasteiger partial charge < -0.3 is 35.6 Å². The van der Waals surface area contributed by atoms with E-state index in [1.54, 1.807) is 30.7 Å². The van der Waals surface area contributed by atoms with Gasteiger partial charge in [0.15, 0.2) is 11.6 Å². The van der Waals surface area contributed by atoms with Crippen LogP contribution in [0.25, 0.3) is 45.0 Å². The summed E-state index contributed by atoms with van der Waals surface area (Å²) in [5.41, 5.74) is 6.60. The van der Waals surface area contributed by atoms with Gasteiger partial charge in [0, 0.05) is 89.3 Å². The number of hydrogen-bond acceptors (Lipinski definition) is 12. The summed E-state index contributed by atoms with van der Waals surface area (Å²) in [5.74, 6) is 2.74. The van der Waals surface area contributed by atoms with Crippen LogP contribution in [0.4, 0.5) is 11.6 Å². The summed E-state index contributed by atoms with van der Waals surface area (Å²) in [6, 6.07) is 23.6. The Balaban J connectivity index is 0.000000187. The molecule has 2 aromatic carbocycles. The molecule has 0 atom stereocenters. The summed E-state index contributed by atoms with van der Waals surface area (Å²) in [7, 11) is 4.18. The van der Waals surface area contributed by atoms with E-state index in [-0.39, 0.29) is 33.7 Å². The molecule has 62 heavy (non-hydrogen) atoms. The molecule has 2 fully saturated rings. The van der Waals surface area contributed by atoms with Crippen LogP contribution in [0.15, 0.2) is 91.4 Å². The third-order valence-corrected chi connectivity index (χ3v) is 12.0. The van der Waals surface area contributed by atoms with Gasteiger partial charge in [-0.3, -0.25) is 4.98 Å². The number of anilines is 2. The lowest BCUT2D eigenvalue weighted by molar-refractivity contribution is 0.160. The Bertz CT molecular complexity index is 2430. The number of benzene rings is 2. The maximum absolute atomic E-state index is 10.7. The van der Waals surface area contributed by atoms with Crippen LogP contribution in [0.1, 0.15) is 86.8 Å². The Labute approximate surface area is 366 Å². The van der Waals surface area contributed by atoms with Gasteiger partial charge in [0.2, 0.25) is 0 Å². The van der Waals surface area contributed by atoms with Crippen molar-refractivity contribution >= 4 is 11.6 Å². The summed E-state index contributed by atoms with van der Waals surface area (Å²) in [4.78, 5) is 16.0. The van der Waals surface area contributed by atoms with Crippen molar-refractivity contribution in [3.63, 3.8) is 0 Å². The highest BCUT2D eigenvalue weighted by Crippen LogP contribution is 2.37. The van der Waals surface area contributed by atoms with Crippen molar-refractivity contribution in [2.75, 3.05) is 23.9 Å². The van der Waals surface area contributed by atoms with E-state index in [2.05, 4.69) is 125 Å². The number of hydrogen-bond donors (Lipinski definition) is 5. The van der Waals surface area contributed by atoms with Gasteiger partial charge in [-0.1, -0.05) is 12.1 Å². The second-order valence-corrected chi connectivity index (χ2v) is 19.8. The number of aromatic hydroxyl groups is 2. The third-order valence-electron chi connectivity index (χ3n) is 12.0. The van der Waals surface area contributed by atoms with Crippen LogP contribution in [0.5, 0.6) is 11.5 Å². The van der Waals surface area contributed by atoms with E-state index < -0.39 is 0 Å². The average Bonchev–Trinajstić information content (AvgIpc) is 3.74. The first-order valence-corrected chi connectivity index (χ1v) is 21.5. The highest BCUT2D eigenvalue weighted by atomic mass is 16.3. The molecule has 0 bridgehead atoms. The number of imidazole rings is 1. The van der Waals surface area contributed by atoms with Crippen molar-refractivity contribution in [2.45, 2.75) is 122 Å². The van der Waals surface area contributed by atoms with Crippen LogP contribution in [0.2, 0.25) is 0 Å². The number of nitrogens with one attached hydrogen (secondary N) is 3. The van der Waals surface area contributed by atoms with Crippen LogP contribution in [-0.2, 0) is 0 Å². The SMILES string of the molecule is CN(c1ccc(-c2ccc(-c3ncc[nH]3)cc2O)nn1)C1CC(C)(C)NC(C)(C)C1.Cc1cc(-c2ccc(-c3ccc(N(C)C4CC(C)(C)NC(C)(C)C4)nn3)c(O)c2)ccn1. The number of rotatable bonds is 8. The lowest BCUT2D eigenvalue weighted by Gasteiger charge is -2.49. The molecule has 2 saturated heterocycles. The molecule has 13 heteroatoms. The number of phenols is 2. The Morgan fingerprint density at radius 3 is 1.39 bits per heavy atom. The third kappa shape index (κ3) is 10.4. The van der Waals surface area contributed by atoms with Crippen molar-refractivity contribution in [2.24, 2.45) is 0 Å². The van der Waals surface area contributed by atoms with Crippen molar-refractivity contribution < 1.29 is 10.2 Å². The molecule has 0 spiro atoms. The molecule has 0 aliphatic carbocycles. The lowest BCUT2D eigenvalue weighted by Crippen LogP contribution is -2.62. The standard InChI is InChI=1S/C26H33N5O.C23H30N6O/c1-17-13-19(11-12-27-17)18-7-8-21(23(32)14-18)22-9-10-24(29-28-22)31(6)20-15-25(2,3)30-26(4,5)16-20;1-22(2)13-16(14-23(3,4)28-22)29(5)20-9-8-18(26-27-20)17-7-6-15(12-19(17)30)21-24-10-11-25-21/h7-14,20,30,32H,15-16H2,1-6H3;6-12,16,28,30H,13-14H2,1-5H3,(H,24,25). The van der Waals surface area contributed by atoms with E-state index in [0.717, 1.165) is 59.7 Å². The summed E-state index contributed by atoms with van der Waals surface area (Å²) in [6.07, 6.45) is 9.36.